The van der Waals surface area contributed by atoms with Crippen LogP contribution in [0.1, 0.15) is 6.92 Å². The molecule has 0 saturated carbocycles. The van der Waals surface area contributed by atoms with Gasteiger partial charge in [0.2, 0.25) is 0 Å². The smallest absolute Gasteiger partial charge is 0.193 e. The molecule has 0 unspecified atom stereocenters. The van der Waals surface area contributed by atoms with Crippen LogP contribution >= 0.6 is 0 Å². The number of nitrogens with zero attached hydrogens (tertiary/aromatic N) is 2. The van der Waals surface area contributed by atoms with Crippen LogP contribution in [0.15, 0.2) is 29.3 Å². The van der Waals surface area contributed by atoms with Gasteiger partial charge < -0.3 is 10.3 Å². The molecule has 0 bridgehead atoms. The summed E-state index contributed by atoms with van der Waals surface area (Å²) in [4.78, 5) is 15.4. The molecule has 4 heteroatoms. The summed E-state index contributed by atoms with van der Waals surface area (Å²) in [6, 6.07) is 3.32. The summed E-state index contributed by atoms with van der Waals surface area (Å²) in [5, 5.41) is 0.511. The van der Waals surface area contributed by atoms with E-state index in [0.717, 1.165) is 12.1 Å². The molecule has 2 aromatic rings. The highest BCUT2D eigenvalue weighted by Gasteiger charge is 2.04. The van der Waals surface area contributed by atoms with Gasteiger partial charge in [0.05, 0.1) is 10.9 Å². The summed E-state index contributed by atoms with van der Waals surface area (Å²) < 4.78 is 1.97. The topological polar surface area (TPSA) is 60.9 Å². The second kappa shape index (κ2) is 3.14. The maximum Gasteiger partial charge on any atom is 0.193 e. The van der Waals surface area contributed by atoms with Gasteiger partial charge in [-0.25, -0.2) is 4.98 Å². The average Bonchev–Trinajstić information content (AvgIpc) is 2.18. The van der Waals surface area contributed by atoms with E-state index in [1.165, 1.54) is 6.07 Å². The fraction of sp³-hybridized carbons (Fsp3) is 0.200. The van der Waals surface area contributed by atoms with Gasteiger partial charge in [0, 0.05) is 25.0 Å². The van der Waals surface area contributed by atoms with Crippen LogP contribution in [0.25, 0.3) is 10.9 Å². The molecule has 14 heavy (non-hydrogen) atoms. The molecule has 72 valence electrons. The van der Waals surface area contributed by atoms with Crippen molar-refractivity contribution in [2.45, 2.75) is 13.5 Å². The first kappa shape index (κ1) is 8.74. The van der Waals surface area contributed by atoms with E-state index in [9.17, 15) is 4.79 Å². The zero-order chi connectivity index (χ0) is 10.1. The minimum absolute atomic E-state index is 0.0738. The Morgan fingerprint density at radius 1 is 1.50 bits per heavy atom. The number of hydrogen-bond acceptors (Lipinski definition) is 3. The Morgan fingerprint density at radius 2 is 2.29 bits per heavy atom. The van der Waals surface area contributed by atoms with Crippen molar-refractivity contribution in [3.8, 4) is 0 Å². The Bertz CT molecular complexity index is 530. The van der Waals surface area contributed by atoms with Gasteiger partial charge in [0.25, 0.3) is 0 Å². The fourth-order valence-electron chi connectivity index (χ4n) is 1.56. The second-order valence-electron chi connectivity index (χ2n) is 3.06. The van der Waals surface area contributed by atoms with Gasteiger partial charge in [-0.05, 0) is 13.0 Å². The highest BCUT2D eigenvalue weighted by atomic mass is 16.1. The normalized spacial score (nSPS) is 10.6. The van der Waals surface area contributed by atoms with Crippen molar-refractivity contribution in [2.75, 3.05) is 5.73 Å². The van der Waals surface area contributed by atoms with E-state index < -0.39 is 0 Å². The molecule has 2 aromatic heterocycles. The number of fused-ring (bicyclic) bond motifs is 1. The number of nitrogens with two attached hydrogens (primary N) is 1. The first-order valence-electron chi connectivity index (χ1n) is 4.47. The van der Waals surface area contributed by atoms with Crippen molar-refractivity contribution < 1.29 is 0 Å². The van der Waals surface area contributed by atoms with E-state index in [2.05, 4.69) is 4.98 Å². The van der Waals surface area contributed by atoms with Gasteiger partial charge in [-0.1, -0.05) is 0 Å². The van der Waals surface area contributed by atoms with Gasteiger partial charge in [-0.15, -0.1) is 0 Å². The van der Waals surface area contributed by atoms with Gasteiger partial charge in [-0.3, -0.25) is 4.79 Å². The number of rotatable bonds is 1. The number of aryl methyl sites for hydroxylation is 1. The molecule has 0 atom stereocenters. The first-order chi connectivity index (χ1) is 6.74. The van der Waals surface area contributed by atoms with Crippen molar-refractivity contribution >= 4 is 16.7 Å². The van der Waals surface area contributed by atoms with Crippen LogP contribution in [0.3, 0.4) is 0 Å². The van der Waals surface area contributed by atoms with Crippen LogP contribution in [-0.2, 0) is 6.54 Å². The van der Waals surface area contributed by atoms with Gasteiger partial charge in [-0.2, -0.15) is 0 Å². The van der Waals surface area contributed by atoms with Crippen molar-refractivity contribution in [1.29, 1.82) is 0 Å². The fourth-order valence-corrected chi connectivity index (χ4v) is 1.56. The monoisotopic (exact) mass is 189 g/mol. The Balaban J connectivity index is 2.99. The average molecular weight is 189 g/mol. The third-order valence-corrected chi connectivity index (χ3v) is 2.26. The SMILES string of the molecule is CCn1ccc(=O)c2c(N)nccc21. The third-order valence-electron chi connectivity index (χ3n) is 2.26. The highest BCUT2D eigenvalue weighted by molar-refractivity contribution is 5.87. The van der Waals surface area contributed by atoms with Crippen molar-refractivity contribution in [3.63, 3.8) is 0 Å². The van der Waals surface area contributed by atoms with Crippen LogP contribution in [0.4, 0.5) is 5.82 Å². The summed E-state index contributed by atoms with van der Waals surface area (Å²) in [7, 11) is 0. The van der Waals surface area contributed by atoms with Gasteiger partial charge in [0.15, 0.2) is 5.43 Å². The number of aromatic nitrogens is 2. The molecule has 0 aliphatic heterocycles. The van der Waals surface area contributed by atoms with E-state index in [1.54, 1.807) is 18.5 Å². The molecular formula is C10H11N3O. The lowest BCUT2D eigenvalue weighted by atomic mass is 10.2. The molecule has 0 saturated heterocycles. The number of anilines is 1. The summed E-state index contributed by atoms with van der Waals surface area (Å²) in [6.07, 6.45) is 3.38. The maximum absolute atomic E-state index is 11.5. The Hall–Kier alpha value is -1.84. The van der Waals surface area contributed by atoms with Gasteiger partial charge >= 0.3 is 0 Å². The Labute approximate surface area is 81.0 Å². The minimum Gasteiger partial charge on any atom is -0.383 e. The zero-order valence-corrected chi connectivity index (χ0v) is 7.90. The Morgan fingerprint density at radius 3 is 3.00 bits per heavy atom. The van der Waals surface area contributed by atoms with Crippen LogP contribution in [-0.4, -0.2) is 9.55 Å². The summed E-state index contributed by atoms with van der Waals surface area (Å²) in [6.45, 7) is 2.82. The summed E-state index contributed by atoms with van der Waals surface area (Å²) in [5.41, 5.74) is 6.42. The predicted molar refractivity (Wildman–Crippen MR) is 56.1 cm³/mol. The molecule has 0 fully saturated rings. The predicted octanol–water partition coefficient (Wildman–Crippen LogP) is 0.999. The third kappa shape index (κ3) is 1.16. The second-order valence-corrected chi connectivity index (χ2v) is 3.06. The van der Waals surface area contributed by atoms with Crippen molar-refractivity contribution in [2.24, 2.45) is 0 Å². The number of pyridine rings is 2. The lowest BCUT2D eigenvalue weighted by Crippen LogP contribution is -2.10. The lowest BCUT2D eigenvalue weighted by Gasteiger charge is -2.07. The standard InChI is InChI=1S/C10H11N3O/c1-2-13-6-4-8(14)9-7(13)3-5-12-10(9)11/h3-6H,2H2,1H3,(H2,11,12). The first-order valence-corrected chi connectivity index (χ1v) is 4.47. The van der Waals surface area contributed by atoms with Crippen LogP contribution in [0.5, 0.6) is 0 Å². The molecular weight excluding hydrogens is 178 g/mol. The molecule has 0 aliphatic carbocycles. The van der Waals surface area contributed by atoms with E-state index in [1.807, 2.05) is 11.5 Å². The lowest BCUT2D eigenvalue weighted by molar-refractivity contribution is 0.787. The van der Waals surface area contributed by atoms with Crippen molar-refractivity contribution in [1.82, 2.24) is 9.55 Å². The van der Waals surface area contributed by atoms with Gasteiger partial charge in [0.1, 0.15) is 5.82 Å². The van der Waals surface area contributed by atoms with E-state index in [-0.39, 0.29) is 5.43 Å². The number of hydrogen-bond donors (Lipinski definition) is 1. The molecule has 2 heterocycles. The van der Waals surface area contributed by atoms with Crippen LogP contribution in [0.2, 0.25) is 0 Å². The number of nitrogen functional groups attached to an aromatic ring is 1. The van der Waals surface area contributed by atoms with E-state index in [0.29, 0.717) is 11.2 Å². The molecule has 0 radical (unpaired) electrons. The molecule has 0 aromatic carbocycles. The summed E-state index contributed by atoms with van der Waals surface area (Å²) >= 11 is 0. The molecule has 4 nitrogen and oxygen atoms in total. The zero-order valence-electron chi connectivity index (χ0n) is 7.90. The highest BCUT2D eigenvalue weighted by Crippen LogP contribution is 2.13. The van der Waals surface area contributed by atoms with Crippen LogP contribution < -0.4 is 11.2 Å². The molecule has 0 aliphatic rings. The molecule has 2 rings (SSSR count). The Kier molecular flexibility index (Phi) is 1.96. The van der Waals surface area contributed by atoms with Crippen LogP contribution in [0, 0.1) is 0 Å². The van der Waals surface area contributed by atoms with E-state index in [4.69, 9.17) is 5.73 Å². The minimum atomic E-state index is -0.0738. The maximum atomic E-state index is 11.5. The molecule has 2 N–H and O–H groups in total. The quantitative estimate of drug-likeness (QED) is 0.728. The van der Waals surface area contributed by atoms with E-state index >= 15 is 0 Å². The largest absolute Gasteiger partial charge is 0.383 e. The molecule has 0 amide bonds. The summed E-state index contributed by atoms with van der Waals surface area (Å²) in [5.74, 6) is 0.301. The molecule has 0 spiro atoms. The van der Waals surface area contributed by atoms with Crippen molar-refractivity contribution in [3.05, 3.63) is 34.7 Å².